The van der Waals surface area contributed by atoms with Crippen molar-refractivity contribution < 1.29 is 14.4 Å². The maximum Gasteiger partial charge on any atom is 0.244 e. The number of hydrogen-bond acceptors (Lipinski definition) is 4. The molecule has 3 aliphatic rings. The highest BCUT2D eigenvalue weighted by molar-refractivity contribution is 7.98. The van der Waals surface area contributed by atoms with Gasteiger partial charge in [0, 0.05) is 25.4 Å². The van der Waals surface area contributed by atoms with Gasteiger partial charge < -0.3 is 15.5 Å². The molecule has 184 valence electrons. The number of likely N-dealkylation sites (tertiary alicyclic amines) is 1. The van der Waals surface area contributed by atoms with Gasteiger partial charge in [-0.1, -0.05) is 27.7 Å². The summed E-state index contributed by atoms with van der Waals surface area (Å²) in [4.78, 5) is 40.3. The number of nitrogens with zero attached hydrogens (tertiary/aromatic N) is 2. The lowest BCUT2D eigenvalue weighted by Gasteiger charge is -2.33. The van der Waals surface area contributed by atoms with Crippen LogP contribution in [-0.2, 0) is 14.4 Å². The van der Waals surface area contributed by atoms with Crippen molar-refractivity contribution in [2.45, 2.75) is 59.0 Å². The zero-order valence-corrected chi connectivity index (χ0v) is 21.2. The van der Waals surface area contributed by atoms with Crippen LogP contribution < -0.4 is 21.7 Å². The first kappa shape index (κ1) is 25.7. The average molecular weight is 479 g/mol. The highest BCUT2D eigenvalue weighted by atomic mass is 32.1. The normalized spacial score (nSPS) is 29.4. The van der Waals surface area contributed by atoms with Crippen molar-refractivity contribution in [3.05, 3.63) is 0 Å². The van der Waals surface area contributed by atoms with E-state index in [1.807, 2.05) is 13.8 Å². The van der Waals surface area contributed by atoms with E-state index in [4.69, 9.17) is 5.73 Å². The molecule has 33 heavy (non-hydrogen) atoms. The van der Waals surface area contributed by atoms with Crippen LogP contribution in [0.3, 0.4) is 0 Å². The van der Waals surface area contributed by atoms with Crippen molar-refractivity contribution in [1.82, 2.24) is 20.9 Å². The molecule has 3 amide bonds. The second-order valence-electron chi connectivity index (χ2n) is 10.9. The van der Waals surface area contributed by atoms with Gasteiger partial charge in [0.1, 0.15) is 12.1 Å². The van der Waals surface area contributed by atoms with E-state index in [9.17, 15) is 19.6 Å². The third-order valence-corrected chi connectivity index (χ3v) is 9.09. The first-order chi connectivity index (χ1) is 15.4. The highest BCUT2D eigenvalue weighted by Gasteiger charge is 2.69. The minimum atomic E-state index is -0.750. The van der Waals surface area contributed by atoms with E-state index >= 15 is 0 Å². The molecule has 9 nitrogen and oxygen atoms in total. The van der Waals surface area contributed by atoms with Gasteiger partial charge in [0.25, 0.3) is 0 Å². The molecule has 1 saturated carbocycles. The number of carbonyl (C=O) groups is 3. The van der Waals surface area contributed by atoms with Gasteiger partial charge in [-0.2, -0.15) is 16.6 Å². The fourth-order valence-electron chi connectivity index (χ4n) is 5.34. The van der Waals surface area contributed by atoms with Crippen LogP contribution in [0.15, 0.2) is 0 Å². The predicted octanol–water partition coefficient (Wildman–Crippen LogP) is 0.151. The summed E-state index contributed by atoms with van der Waals surface area (Å²) in [6.07, 6.45) is 1.29. The topological polar surface area (TPSA) is 140 Å². The van der Waals surface area contributed by atoms with Gasteiger partial charge in [-0.25, -0.2) is 0 Å². The lowest BCUT2D eigenvalue weighted by molar-refractivity contribution is -0.141. The molecule has 0 aromatic rings. The summed E-state index contributed by atoms with van der Waals surface area (Å²) < 4.78 is 0. The van der Waals surface area contributed by atoms with Crippen molar-refractivity contribution >= 4 is 34.2 Å². The largest absolute Gasteiger partial charge is 0.356 e. The third kappa shape index (κ3) is 5.58. The maximum absolute atomic E-state index is 13.3. The van der Waals surface area contributed by atoms with Crippen LogP contribution in [-0.4, -0.2) is 65.7 Å². The zero-order valence-electron chi connectivity index (χ0n) is 20.3. The SMILES string of the molecule is CN/C(N)=[SH]/CC(C)(C)CC(=O)N1C[C@H]2C([C@H]1C(=O)N[C@H](C#N)C[C@@H]1CCNC1=O)C2(C)C. The van der Waals surface area contributed by atoms with Gasteiger partial charge >= 0.3 is 0 Å². The molecule has 2 aliphatic heterocycles. The molecular formula is C23H38N6O3S. The van der Waals surface area contributed by atoms with Crippen LogP contribution in [0, 0.1) is 39.9 Å². The van der Waals surface area contributed by atoms with Crippen molar-refractivity contribution in [1.29, 1.82) is 5.26 Å². The van der Waals surface area contributed by atoms with Gasteiger partial charge in [-0.05, 0) is 48.3 Å². The quantitative estimate of drug-likeness (QED) is 0.249. The van der Waals surface area contributed by atoms with Crippen LogP contribution >= 0.6 is 11.4 Å². The molecule has 0 aromatic heterocycles. The van der Waals surface area contributed by atoms with E-state index in [1.54, 1.807) is 11.9 Å². The number of rotatable bonds is 8. The third-order valence-electron chi connectivity index (χ3n) is 7.52. The Morgan fingerprint density at radius 2 is 2.12 bits per heavy atom. The van der Waals surface area contributed by atoms with Crippen molar-refractivity contribution in [2.24, 2.45) is 34.3 Å². The molecule has 3 rings (SSSR count). The summed E-state index contributed by atoms with van der Waals surface area (Å²) in [6.45, 7) is 9.51. The molecular weight excluding hydrogens is 440 g/mol. The summed E-state index contributed by atoms with van der Waals surface area (Å²) in [5, 5.41) is 18.8. The number of nitriles is 1. The van der Waals surface area contributed by atoms with E-state index in [-0.39, 0.29) is 46.3 Å². The molecule has 10 heteroatoms. The van der Waals surface area contributed by atoms with Crippen LogP contribution in [0.25, 0.3) is 0 Å². The molecule has 0 aromatic carbocycles. The fraction of sp³-hybridized carbons (Fsp3) is 0.783. The molecule has 0 spiro atoms. The molecule has 0 bridgehead atoms. The molecule has 5 atom stereocenters. The summed E-state index contributed by atoms with van der Waals surface area (Å²) >= 11 is 0.944. The lowest BCUT2D eigenvalue weighted by Crippen LogP contribution is -2.52. The van der Waals surface area contributed by atoms with Gasteiger partial charge in [0.05, 0.1) is 11.2 Å². The predicted molar refractivity (Wildman–Crippen MR) is 130 cm³/mol. The molecule has 0 radical (unpaired) electrons. The van der Waals surface area contributed by atoms with Crippen LogP contribution in [0.1, 0.15) is 47.0 Å². The van der Waals surface area contributed by atoms with E-state index < -0.39 is 12.1 Å². The number of nitrogens with one attached hydrogen (secondary N) is 3. The number of fused-ring (bicyclic) bond motifs is 1. The molecule has 1 aliphatic carbocycles. The minimum absolute atomic E-state index is 0.00337. The Kier molecular flexibility index (Phi) is 7.56. The lowest BCUT2D eigenvalue weighted by atomic mass is 9.90. The van der Waals surface area contributed by atoms with E-state index in [0.717, 1.165) is 17.1 Å². The number of hydrogen-bond donors (Lipinski definition) is 5. The molecule has 5 N–H and O–H groups in total. The van der Waals surface area contributed by atoms with E-state index in [2.05, 4.69) is 35.9 Å². The fourth-order valence-corrected chi connectivity index (χ4v) is 6.21. The number of nitrogens with two attached hydrogens (primary N) is 1. The number of carbonyl (C=O) groups excluding carboxylic acids is 3. The second kappa shape index (κ2) is 9.72. The highest BCUT2D eigenvalue weighted by Crippen LogP contribution is 2.65. The molecule has 1 unspecified atom stereocenters. The first-order valence-electron chi connectivity index (χ1n) is 11.7. The van der Waals surface area contributed by atoms with E-state index in [1.165, 1.54) is 0 Å². The summed E-state index contributed by atoms with van der Waals surface area (Å²) in [7, 11) is 1.77. The maximum atomic E-state index is 13.3. The summed E-state index contributed by atoms with van der Waals surface area (Å²) in [5.74, 6) is 0.457. The monoisotopic (exact) mass is 478 g/mol. The Labute approximate surface area is 200 Å². The summed E-state index contributed by atoms with van der Waals surface area (Å²) in [6, 6.07) is 0.805. The number of amides is 3. The number of piperidine rings is 1. The van der Waals surface area contributed by atoms with Crippen molar-refractivity contribution in [3.63, 3.8) is 0 Å². The zero-order chi connectivity index (χ0) is 24.6. The van der Waals surface area contributed by atoms with Gasteiger partial charge in [-0.15, -0.1) is 0 Å². The van der Waals surface area contributed by atoms with E-state index in [0.29, 0.717) is 37.5 Å². The van der Waals surface area contributed by atoms with Crippen LogP contribution in [0.2, 0.25) is 0 Å². The van der Waals surface area contributed by atoms with Crippen LogP contribution in [0.5, 0.6) is 0 Å². The Balaban J connectivity index is 1.68. The standard InChI is InChI=1S/C23H38N6O3S/c1-22(2,12-33-21(25)26-5)9-16(30)29-11-15-17(23(15,3)4)18(29)20(32)28-14(10-24)8-13-6-7-27-19(13)31/h13-15,17-18,26,33H,6-9,11-12,25H2,1-5H3,(H,27,31)(H,28,32)/t13-,14-,15-,17?,18-/m0/s1. The van der Waals surface area contributed by atoms with Crippen LogP contribution in [0.4, 0.5) is 0 Å². The first-order valence-corrected chi connectivity index (χ1v) is 12.7. The Hall–Kier alpha value is -1.96. The Morgan fingerprint density at radius 3 is 2.70 bits per heavy atom. The number of thiol groups is 1. The van der Waals surface area contributed by atoms with Crippen molar-refractivity contribution in [3.8, 4) is 6.07 Å². The molecule has 2 saturated heterocycles. The second-order valence-corrected chi connectivity index (χ2v) is 12.1. The smallest absolute Gasteiger partial charge is 0.244 e. The van der Waals surface area contributed by atoms with Gasteiger partial charge in [0.15, 0.2) is 0 Å². The Morgan fingerprint density at radius 1 is 1.42 bits per heavy atom. The Bertz CT molecular complexity index is 880. The van der Waals surface area contributed by atoms with Gasteiger partial charge in [0.2, 0.25) is 17.7 Å². The minimum Gasteiger partial charge on any atom is -0.356 e. The van der Waals surface area contributed by atoms with Crippen molar-refractivity contribution in [2.75, 3.05) is 25.9 Å². The molecule has 2 heterocycles. The molecule has 3 fully saturated rings. The summed E-state index contributed by atoms with van der Waals surface area (Å²) in [5.41, 5.74) is 5.60. The average Bonchev–Trinajstić information content (AvgIpc) is 3.12. The van der Waals surface area contributed by atoms with Gasteiger partial charge in [-0.3, -0.25) is 25.4 Å².